The normalized spacial score (nSPS) is 12.4. The number of halogens is 3. The maximum Gasteiger partial charge on any atom is 0.416 e. The van der Waals surface area contributed by atoms with E-state index in [-0.39, 0.29) is 0 Å². The molecule has 2 nitrogen and oxygen atoms in total. The van der Waals surface area contributed by atoms with E-state index in [1.165, 1.54) is 35.3 Å². The summed E-state index contributed by atoms with van der Waals surface area (Å²) in [5, 5.41) is 0. The van der Waals surface area contributed by atoms with Crippen LogP contribution in [-0.4, -0.2) is 26.1 Å². The summed E-state index contributed by atoms with van der Waals surface area (Å²) in [6.07, 6.45) is 9.73. The quantitative estimate of drug-likeness (QED) is 0.135. The van der Waals surface area contributed by atoms with Crippen molar-refractivity contribution in [1.29, 1.82) is 0 Å². The van der Waals surface area contributed by atoms with Crippen LogP contribution in [0.3, 0.4) is 0 Å². The molecule has 0 saturated heterocycles. The summed E-state index contributed by atoms with van der Waals surface area (Å²) in [5.74, 6) is 0.596. The molecule has 0 aliphatic carbocycles. The van der Waals surface area contributed by atoms with Crippen molar-refractivity contribution in [1.82, 2.24) is 0 Å². The van der Waals surface area contributed by atoms with Crippen LogP contribution in [0, 0.1) is 5.92 Å². The molecule has 38 heavy (non-hydrogen) atoms. The molecule has 0 aliphatic heterocycles. The van der Waals surface area contributed by atoms with Gasteiger partial charge in [0, 0.05) is 19.5 Å². The Morgan fingerprint density at radius 1 is 1.05 bits per heavy atom. The highest BCUT2D eigenvalue weighted by atomic mass is 32.2. The van der Waals surface area contributed by atoms with Gasteiger partial charge in [0.1, 0.15) is 0 Å². The van der Waals surface area contributed by atoms with E-state index in [1.807, 2.05) is 56.7 Å². The van der Waals surface area contributed by atoms with Crippen molar-refractivity contribution in [3.8, 4) is 11.1 Å². The van der Waals surface area contributed by atoms with Gasteiger partial charge in [-0.2, -0.15) is 13.2 Å². The Morgan fingerprint density at radius 3 is 2.16 bits per heavy atom. The van der Waals surface area contributed by atoms with Crippen molar-refractivity contribution in [3.05, 3.63) is 95.1 Å². The fourth-order valence-electron chi connectivity index (χ4n) is 3.07. The van der Waals surface area contributed by atoms with Gasteiger partial charge in [-0.3, -0.25) is 4.99 Å². The summed E-state index contributed by atoms with van der Waals surface area (Å²) in [5.41, 5.74) is 4.55. The van der Waals surface area contributed by atoms with Gasteiger partial charge in [0.05, 0.1) is 12.2 Å². The fraction of sp³-hybridized carbons (Fsp3) is 0.406. The molecule has 0 aliphatic rings. The van der Waals surface area contributed by atoms with Crippen molar-refractivity contribution in [3.63, 3.8) is 0 Å². The average Bonchev–Trinajstić information content (AvgIpc) is 2.91. The lowest BCUT2D eigenvalue weighted by Crippen LogP contribution is -2.04. The smallest absolute Gasteiger partial charge is 0.315 e. The van der Waals surface area contributed by atoms with Crippen molar-refractivity contribution >= 4 is 18.3 Å². The average molecular weight is 548 g/mol. The van der Waals surface area contributed by atoms with Crippen LogP contribution in [0.5, 0.6) is 0 Å². The van der Waals surface area contributed by atoms with E-state index in [2.05, 4.69) is 50.9 Å². The van der Waals surface area contributed by atoms with Crippen LogP contribution >= 0.6 is 12.0 Å². The fourth-order valence-corrected chi connectivity index (χ4v) is 3.32. The van der Waals surface area contributed by atoms with E-state index in [0.717, 1.165) is 30.0 Å². The predicted molar refractivity (Wildman–Crippen MR) is 162 cm³/mol. The highest BCUT2D eigenvalue weighted by Crippen LogP contribution is 2.32. The van der Waals surface area contributed by atoms with Crippen LogP contribution in [0.1, 0.15) is 59.1 Å². The monoisotopic (exact) mass is 547 g/mol. The van der Waals surface area contributed by atoms with Crippen molar-refractivity contribution in [2.45, 2.75) is 60.6 Å². The standard InChI is InChI=1S/C16H15F3OS.C8H15N.C8H14/c1-21-20-10-9-12-5-7-13(8-6-12)14-3-2-4-15(11-14)16(17,18)19;1-5-8(6-9-4)7(2)3;1-4-6-7-8(3)5-2/h2-8,11H,9-10H2,1H3;5-7H,1-4H3;4,6-7H,5H2,1-3H3/b;8-5+,9-6?;6-4-,8-7+. The number of allylic oxidation sites excluding steroid dienone is 6. The summed E-state index contributed by atoms with van der Waals surface area (Å²) in [7, 11) is 1.80. The minimum absolute atomic E-state index is 0.566. The maximum absolute atomic E-state index is 12.7. The number of nitrogens with zero attached hydrogens (tertiary/aromatic N) is 1. The Bertz CT molecular complexity index is 1020. The molecule has 0 atom stereocenters. The van der Waals surface area contributed by atoms with E-state index >= 15 is 0 Å². The topological polar surface area (TPSA) is 21.6 Å². The van der Waals surface area contributed by atoms with Gasteiger partial charge in [0.25, 0.3) is 0 Å². The minimum atomic E-state index is -4.31. The molecule has 2 aromatic carbocycles. The largest absolute Gasteiger partial charge is 0.416 e. The molecule has 0 aromatic heterocycles. The van der Waals surface area contributed by atoms with E-state index in [1.54, 1.807) is 13.1 Å². The Kier molecular flexibility index (Phi) is 19.0. The number of hydrogen-bond donors (Lipinski definition) is 0. The first kappa shape index (κ1) is 35.4. The third-order valence-electron chi connectivity index (χ3n) is 5.48. The zero-order chi connectivity index (χ0) is 29.0. The first-order chi connectivity index (χ1) is 18.0. The molecule has 0 heterocycles. The lowest BCUT2D eigenvalue weighted by Gasteiger charge is -2.09. The van der Waals surface area contributed by atoms with Crippen molar-refractivity contribution in [2.75, 3.05) is 19.9 Å². The third-order valence-corrected chi connectivity index (χ3v) is 5.88. The van der Waals surface area contributed by atoms with Crippen LogP contribution < -0.4 is 0 Å². The number of hydrogen-bond acceptors (Lipinski definition) is 3. The summed E-state index contributed by atoms with van der Waals surface area (Å²) in [4.78, 5) is 3.93. The third kappa shape index (κ3) is 15.6. The van der Waals surface area contributed by atoms with Gasteiger partial charge < -0.3 is 4.18 Å². The van der Waals surface area contributed by atoms with Gasteiger partial charge in [-0.15, -0.1) is 0 Å². The van der Waals surface area contributed by atoms with E-state index < -0.39 is 11.7 Å². The summed E-state index contributed by atoms with van der Waals surface area (Å²) >= 11 is 1.32. The van der Waals surface area contributed by atoms with Gasteiger partial charge in [-0.1, -0.05) is 87.0 Å². The van der Waals surface area contributed by atoms with Gasteiger partial charge in [0.2, 0.25) is 0 Å². The number of benzene rings is 2. The molecule has 0 unspecified atom stereocenters. The Morgan fingerprint density at radius 2 is 1.71 bits per heavy atom. The molecule has 0 fully saturated rings. The predicted octanol–water partition coefficient (Wildman–Crippen LogP) is 10.4. The zero-order valence-electron chi connectivity index (χ0n) is 24.1. The second-order valence-corrected chi connectivity index (χ2v) is 9.31. The second kappa shape index (κ2) is 20.4. The van der Waals surface area contributed by atoms with E-state index in [0.29, 0.717) is 18.1 Å². The molecule has 2 aromatic rings. The second-order valence-electron chi connectivity index (χ2n) is 8.74. The molecular weight excluding hydrogens is 503 g/mol. The summed E-state index contributed by atoms with van der Waals surface area (Å²) in [6.45, 7) is 13.3. The van der Waals surface area contributed by atoms with Gasteiger partial charge >= 0.3 is 6.18 Å². The molecule has 6 heteroatoms. The van der Waals surface area contributed by atoms with Gasteiger partial charge in [-0.25, -0.2) is 0 Å². The number of alkyl halides is 3. The highest BCUT2D eigenvalue weighted by Gasteiger charge is 2.30. The van der Waals surface area contributed by atoms with Crippen molar-refractivity contribution in [2.24, 2.45) is 10.9 Å². The molecule has 0 amide bonds. The van der Waals surface area contributed by atoms with Crippen LogP contribution in [0.4, 0.5) is 13.2 Å². The molecule has 0 bridgehead atoms. The van der Waals surface area contributed by atoms with Crippen LogP contribution in [0.25, 0.3) is 11.1 Å². The van der Waals surface area contributed by atoms with Crippen LogP contribution in [0.15, 0.2) is 89.0 Å². The van der Waals surface area contributed by atoms with Crippen molar-refractivity contribution < 1.29 is 17.4 Å². The maximum atomic E-state index is 12.7. The van der Waals surface area contributed by atoms with Gasteiger partial charge in [-0.05, 0) is 86.0 Å². The van der Waals surface area contributed by atoms with Crippen LogP contribution in [0.2, 0.25) is 0 Å². The zero-order valence-corrected chi connectivity index (χ0v) is 24.9. The minimum Gasteiger partial charge on any atom is -0.315 e. The number of aliphatic imine (C=N–C) groups is 1. The molecule has 2 rings (SSSR count). The SMILES string of the molecule is C/C=C(\C=NC)C(C)C.C/C=C\C=C(/C)CC.CSOCCc1ccc(-c2cccc(C(F)(F)F)c2)cc1. The first-order valence-electron chi connectivity index (χ1n) is 12.8. The molecular formula is C32H44F3NOS. The lowest BCUT2D eigenvalue weighted by atomic mass is 10.0. The summed E-state index contributed by atoms with van der Waals surface area (Å²) in [6, 6.07) is 12.9. The Balaban J connectivity index is 0.000000667. The molecule has 0 radical (unpaired) electrons. The lowest BCUT2D eigenvalue weighted by molar-refractivity contribution is -0.137. The highest BCUT2D eigenvalue weighted by molar-refractivity contribution is 7.93. The number of rotatable bonds is 9. The molecule has 0 N–H and O–H groups in total. The molecule has 0 saturated carbocycles. The Labute approximate surface area is 233 Å². The molecule has 210 valence electrons. The Hall–Kier alpha value is -2.57. The summed E-state index contributed by atoms with van der Waals surface area (Å²) < 4.78 is 43.3. The van der Waals surface area contributed by atoms with E-state index in [4.69, 9.17) is 4.18 Å². The first-order valence-corrected chi connectivity index (χ1v) is 14.0. The van der Waals surface area contributed by atoms with E-state index in [9.17, 15) is 13.2 Å². The molecule has 0 spiro atoms. The van der Waals surface area contributed by atoms with Gasteiger partial charge in [0.15, 0.2) is 0 Å². The van der Waals surface area contributed by atoms with Crippen LogP contribution in [-0.2, 0) is 16.8 Å².